The average molecular weight is 292 g/mol. The lowest BCUT2D eigenvalue weighted by Crippen LogP contribution is -2.26. The van der Waals surface area contributed by atoms with Gasteiger partial charge in [-0.3, -0.25) is 9.78 Å². The van der Waals surface area contributed by atoms with Crippen LogP contribution in [0.25, 0.3) is 0 Å². The summed E-state index contributed by atoms with van der Waals surface area (Å²) in [5, 5.41) is 4.74. The Morgan fingerprint density at radius 1 is 1.42 bits per heavy atom. The predicted molar refractivity (Wildman–Crippen MR) is 78.3 cm³/mol. The number of hydrogen-bond donors (Lipinski definition) is 2. The summed E-state index contributed by atoms with van der Waals surface area (Å²) >= 11 is 6.36. The van der Waals surface area contributed by atoms with Crippen molar-refractivity contribution in [2.24, 2.45) is 5.73 Å². The predicted octanol–water partition coefficient (Wildman–Crippen LogP) is 1.14. The van der Waals surface area contributed by atoms with E-state index in [9.17, 15) is 4.79 Å². The molecule has 0 spiro atoms. The first kappa shape index (κ1) is 13.6. The van der Waals surface area contributed by atoms with Gasteiger partial charge in [0.1, 0.15) is 10.7 Å². The van der Waals surface area contributed by atoms with Gasteiger partial charge in [0, 0.05) is 30.1 Å². The lowest BCUT2D eigenvalue weighted by molar-refractivity contribution is 0.0949. The first-order valence-corrected chi connectivity index (χ1v) is 6.93. The number of aromatic nitrogens is 2. The topological polar surface area (TPSA) is 80.9 Å². The van der Waals surface area contributed by atoms with Crippen molar-refractivity contribution in [3.05, 3.63) is 46.2 Å². The smallest absolute Gasteiger partial charge is 0.269 e. The molecule has 0 saturated carbocycles. The summed E-state index contributed by atoms with van der Waals surface area (Å²) in [6.07, 6.45) is 2.21. The highest BCUT2D eigenvalue weighted by molar-refractivity contribution is 7.80. The van der Waals surface area contributed by atoms with E-state index < -0.39 is 0 Å². The standard InChI is InChI=1S/C12H12N4OS2/c13-11(18)8-1-2-10(15-5-8)12(17)14-4-3-9-6-19-7-16-9/h1-2,5-7H,3-4H2,(H2,13,18)(H,14,17). The molecule has 0 radical (unpaired) electrons. The molecule has 0 aromatic carbocycles. The molecule has 98 valence electrons. The normalized spacial score (nSPS) is 10.1. The molecule has 0 aliphatic heterocycles. The zero-order valence-corrected chi connectivity index (χ0v) is 11.6. The van der Waals surface area contributed by atoms with Gasteiger partial charge in [-0.25, -0.2) is 4.98 Å². The van der Waals surface area contributed by atoms with Gasteiger partial charge >= 0.3 is 0 Å². The second-order valence-electron chi connectivity index (χ2n) is 3.78. The molecule has 2 rings (SSSR count). The van der Waals surface area contributed by atoms with Crippen molar-refractivity contribution in [3.8, 4) is 0 Å². The van der Waals surface area contributed by atoms with Crippen molar-refractivity contribution in [1.29, 1.82) is 0 Å². The van der Waals surface area contributed by atoms with Crippen LogP contribution in [0.15, 0.2) is 29.2 Å². The van der Waals surface area contributed by atoms with Crippen molar-refractivity contribution >= 4 is 34.5 Å². The van der Waals surface area contributed by atoms with Crippen LogP contribution in [0.3, 0.4) is 0 Å². The van der Waals surface area contributed by atoms with Crippen LogP contribution in [0.1, 0.15) is 21.7 Å². The van der Waals surface area contributed by atoms with Crippen LogP contribution < -0.4 is 11.1 Å². The molecule has 0 aliphatic rings. The average Bonchev–Trinajstić information content (AvgIpc) is 2.92. The molecule has 0 fully saturated rings. The zero-order valence-electron chi connectivity index (χ0n) is 10.00. The van der Waals surface area contributed by atoms with E-state index in [1.54, 1.807) is 17.6 Å². The van der Waals surface area contributed by atoms with E-state index in [1.165, 1.54) is 17.5 Å². The summed E-state index contributed by atoms with van der Waals surface area (Å²) in [6.45, 7) is 0.529. The van der Waals surface area contributed by atoms with E-state index in [4.69, 9.17) is 18.0 Å². The van der Waals surface area contributed by atoms with Crippen molar-refractivity contribution < 1.29 is 4.79 Å². The van der Waals surface area contributed by atoms with E-state index in [0.717, 1.165) is 5.69 Å². The van der Waals surface area contributed by atoms with Gasteiger partial charge in [-0.15, -0.1) is 11.3 Å². The Morgan fingerprint density at radius 2 is 2.26 bits per heavy atom. The SMILES string of the molecule is NC(=S)c1ccc(C(=O)NCCc2cscn2)nc1. The molecule has 0 bridgehead atoms. The van der Waals surface area contributed by atoms with Crippen molar-refractivity contribution in [2.45, 2.75) is 6.42 Å². The molecule has 5 nitrogen and oxygen atoms in total. The summed E-state index contributed by atoms with van der Waals surface area (Å²) in [7, 11) is 0. The maximum atomic E-state index is 11.8. The Kier molecular flexibility index (Phi) is 4.53. The number of carbonyl (C=O) groups excluding carboxylic acids is 1. The number of thiocarbonyl (C=S) groups is 1. The van der Waals surface area contributed by atoms with Gasteiger partial charge in [0.15, 0.2) is 0 Å². The van der Waals surface area contributed by atoms with Crippen molar-refractivity contribution in [3.63, 3.8) is 0 Å². The highest BCUT2D eigenvalue weighted by Crippen LogP contribution is 2.02. The Balaban J connectivity index is 1.87. The molecular weight excluding hydrogens is 280 g/mol. The van der Waals surface area contributed by atoms with Gasteiger partial charge < -0.3 is 11.1 Å². The van der Waals surface area contributed by atoms with Gasteiger partial charge in [-0.2, -0.15) is 0 Å². The van der Waals surface area contributed by atoms with E-state index in [1.807, 2.05) is 5.38 Å². The van der Waals surface area contributed by atoms with Gasteiger partial charge in [-0.05, 0) is 12.1 Å². The zero-order chi connectivity index (χ0) is 13.7. The molecule has 3 N–H and O–H groups in total. The molecule has 0 aliphatic carbocycles. The maximum absolute atomic E-state index is 11.8. The molecular formula is C12H12N4OS2. The summed E-state index contributed by atoms with van der Waals surface area (Å²) in [6, 6.07) is 3.29. The Bertz CT molecular complexity index is 566. The quantitative estimate of drug-likeness (QED) is 0.808. The molecule has 7 heteroatoms. The fourth-order valence-corrected chi connectivity index (χ4v) is 2.14. The van der Waals surface area contributed by atoms with Crippen molar-refractivity contribution in [2.75, 3.05) is 6.54 Å². The van der Waals surface area contributed by atoms with Crippen molar-refractivity contribution in [1.82, 2.24) is 15.3 Å². The van der Waals surface area contributed by atoms with Crippen LogP contribution in [-0.4, -0.2) is 27.4 Å². The number of carbonyl (C=O) groups is 1. The third-order valence-electron chi connectivity index (χ3n) is 2.43. The molecule has 19 heavy (non-hydrogen) atoms. The van der Waals surface area contributed by atoms with E-state index in [2.05, 4.69) is 15.3 Å². The third kappa shape index (κ3) is 3.80. The summed E-state index contributed by atoms with van der Waals surface area (Å²) in [4.78, 5) is 20.2. The summed E-state index contributed by atoms with van der Waals surface area (Å²) in [5.74, 6) is -0.218. The molecule has 0 saturated heterocycles. The van der Waals surface area contributed by atoms with Gasteiger partial charge in [-0.1, -0.05) is 12.2 Å². The van der Waals surface area contributed by atoms with E-state index in [-0.39, 0.29) is 10.9 Å². The first-order valence-electron chi connectivity index (χ1n) is 5.58. The monoisotopic (exact) mass is 292 g/mol. The number of thiazole rings is 1. The second-order valence-corrected chi connectivity index (χ2v) is 4.94. The highest BCUT2D eigenvalue weighted by atomic mass is 32.1. The molecule has 2 aromatic heterocycles. The number of hydrogen-bond acceptors (Lipinski definition) is 5. The lowest BCUT2D eigenvalue weighted by atomic mass is 10.2. The molecule has 0 unspecified atom stereocenters. The maximum Gasteiger partial charge on any atom is 0.269 e. The number of nitrogens with zero attached hydrogens (tertiary/aromatic N) is 2. The van der Waals surface area contributed by atoms with Crippen LogP contribution in [0.4, 0.5) is 0 Å². The second kappa shape index (κ2) is 6.35. The van der Waals surface area contributed by atoms with Crippen LogP contribution in [0, 0.1) is 0 Å². The fourth-order valence-electron chi connectivity index (χ4n) is 1.43. The minimum Gasteiger partial charge on any atom is -0.389 e. The van der Waals surface area contributed by atoms with E-state index >= 15 is 0 Å². The molecule has 2 heterocycles. The largest absolute Gasteiger partial charge is 0.389 e. The third-order valence-corrected chi connectivity index (χ3v) is 3.30. The van der Waals surface area contributed by atoms with Gasteiger partial charge in [0.25, 0.3) is 5.91 Å². The highest BCUT2D eigenvalue weighted by Gasteiger charge is 2.07. The van der Waals surface area contributed by atoms with Gasteiger partial charge in [0.2, 0.25) is 0 Å². The number of rotatable bonds is 5. The first-order chi connectivity index (χ1) is 9.16. The Labute approximate surface area is 119 Å². The lowest BCUT2D eigenvalue weighted by Gasteiger charge is -2.04. The van der Waals surface area contributed by atoms with E-state index in [0.29, 0.717) is 24.2 Å². The molecule has 2 aromatic rings. The minimum atomic E-state index is -0.218. The summed E-state index contributed by atoms with van der Waals surface area (Å²) in [5.41, 5.74) is 9.20. The van der Waals surface area contributed by atoms with Crippen LogP contribution in [0.5, 0.6) is 0 Å². The number of pyridine rings is 1. The minimum absolute atomic E-state index is 0.218. The van der Waals surface area contributed by atoms with Gasteiger partial charge in [0.05, 0.1) is 11.2 Å². The number of amides is 1. The number of nitrogens with one attached hydrogen (secondary N) is 1. The van der Waals surface area contributed by atoms with Crippen LogP contribution in [0.2, 0.25) is 0 Å². The molecule has 0 atom stereocenters. The summed E-state index contributed by atoms with van der Waals surface area (Å²) < 4.78 is 0. The Morgan fingerprint density at radius 3 is 2.84 bits per heavy atom. The van der Waals surface area contributed by atoms with Crippen LogP contribution >= 0.6 is 23.6 Å². The molecule has 1 amide bonds. The fraction of sp³-hybridized carbons (Fsp3) is 0.167. The Hall–Kier alpha value is -1.86. The number of nitrogens with two attached hydrogens (primary N) is 1. The van der Waals surface area contributed by atoms with Crippen LogP contribution in [-0.2, 0) is 6.42 Å².